The normalized spacial score (nSPS) is 16.2. The number of aryl methyl sites for hydroxylation is 2. The molecule has 3 heterocycles. The fourth-order valence-corrected chi connectivity index (χ4v) is 4.37. The fourth-order valence-electron chi connectivity index (χ4n) is 2.78. The summed E-state index contributed by atoms with van der Waals surface area (Å²) in [4.78, 5) is 22.4. The summed E-state index contributed by atoms with van der Waals surface area (Å²) in [6, 6.07) is 2.18. The average molecular weight is 335 g/mol. The van der Waals surface area contributed by atoms with Gasteiger partial charge in [-0.15, -0.1) is 11.3 Å². The second-order valence-electron chi connectivity index (χ2n) is 5.71. The summed E-state index contributed by atoms with van der Waals surface area (Å²) in [6.07, 6.45) is 0.502. The Kier molecular flexibility index (Phi) is 4.90. The van der Waals surface area contributed by atoms with E-state index < -0.39 is 0 Å². The van der Waals surface area contributed by atoms with E-state index in [1.165, 1.54) is 5.56 Å². The average Bonchev–Trinajstić information content (AvgIpc) is 3.10. The standard InChI is InChI=1S/C16H21N3OS2/c1-12-15(22-13(2)17-12)9-16(20)19-6-4-18(5-7-19)10-14-3-8-21-11-14/h3,8,11H,4-7,9-10H2,1-2H3. The number of piperazine rings is 1. The minimum Gasteiger partial charge on any atom is -0.340 e. The van der Waals surface area contributed by atoms with Crippen molar-refractivity contribution in [3.63, 3.8) is 0 Å². The van der Waals surface area contributed by atoms with Crippen LogP contribution in [-0.2, 0) is 17.8 Å². The SMILES string of the molecule is Cc1nc(C)c(CC(=O)N2CCN(Cc3ccsc3)CC2)s1. The summed E-state index contributed by atoms with van der Waals surface area (Å²) in [7, 11) is 0. The number of carbonyl (C=O) groups is 1. The highest BCUT2D eigenvalue weighted by Gasteiger charge is 2.22. The number of rotatable bonds is 4. The number of aromatic nitrogens is 1. The van der Waals surface area contributed by atoms with Crippen molar-refractivity contribution in [1.29, 1.82) is 0 Å². The van der Waals surface area contributed by atoms with E-state index in [1.54, 1.807) is 22.7 Å². The Morgan fingerprint density at radius 3 is 2.64 bits per heavy atom. The van der Waals surface area contributed by atoms with E-state index in [1.807, 2.05) is 18.7 Å². The Hall–Kier alpha value is -1.24. The fraction of sp³-hybridized carbons (Fsp3) is 0.500. The van der Waals surface area contributed by atoms with Crippen molar-refractivity contribution in [3.05, 3.63) is 38.0 Å². The van der Waals surface area contributed by atoms with Crippen molar-refractivity contribution in [2.24, 2.45) is 0 Å². The Morgan fingerprint density at radius 1 is 1.27 bits per heavy atom. The van der Waals surface area contributed by atoms with Gasteiger partial charge in [0.15, 0.2) is 0 Å². The number of nitrogens with zero attached hydrogens (tertiary/aromatic N) is 3. The molecule has 0 atom stereocenters. The van der Waals surface area contributed by atoms with Gasteiger partial charge >= 0.3 is 0 Å². The van der Waals surface area contributed by atoms with Crippen LogP contribution in [0.5, 0.6) is 0 Å². The lowest BCUT2D eigenvalue weighted by Crippen LogP contribution is -2.48. The van der Waals surface area contributed by atoms with Crippen LogP contribution in [0.25, 0.3) is 0 Å². The number of thiazole rings is 1. The van der Waals surface area contributed by atoms with Gasteiger partial charge in [0.05, 0.1) is 17.1 Å². The van der Waals surface area contributed by atoms with Crippen molar-refractivity contribution in [3.8, 4) is 0 Å². The molecule has 0 aliphatic carbocycles. The van der Waals surface area contributed by atoms with Gasteiger partial charge in [-0.2, -0.15) is 11.3 Å². The monoisotopic (exact) mass is 335 g/mol. The molecule has 1 aliphatic rings. The van der Waals surface area contributed by atoms with Crippen molar-refractivity contribution in [2.45, 2.75) is 26.8 Å². The van der Waals surface area contributed by atoms with Gasteiger partial charge in [0.1, 0.15) is 0 Å². The molecule has 0 unspecified atom stereocenters. The van der Waals surface area contributed by atoms with Gasteiger partial charge in [0.25, 0.3) is 0 Å². The minimum absolute atomic E-state index is 0.238. The summed E-state index contributed by atoms with van der Waals surface area (Å²) in [5.74, 6) is 0.238. The Morgan fingerprint density at radius 2 is 2.05 bits per heavy atom. The first kappa shape index (κ1) is 15.6. The predicted molar refractivity (Wildman–Crippen MR) is 91.5 cm³/mol. The first-order chi connectivity index (χ1) is 10.6. The molecule has 3 rings (SSSR count). The first-order valence-electron chi connectivity index (χ1n) is 7.56. The lowest BCUT2D eigenvalue weighted by Gasteiger charge is -2.34. The van der Waals surface area contributed by atoms with Crippen LogP contribution in [0.1, 0.15) is 21.1 Å². The van der Waals surface area contributed by atoms with Crippen molar-refractivity contribution in [2.75, 3.05) is 26.2 Å². The van der Waals surface area contributed by atoms with E-state index in [0.29, 0.717) is 6.42 Å². The summed E-state index contributed by atoms with van der Waals surface area (Å²) in [5, 5.41) is 5.36. The van der Waals surface area contributed by atoms with Crippen molar-refractivity contribution >= 4 is 28.6 Å². The van der Waals surface area contributed by atoms with E-state index in [2.05, 4.69) is 26.7 Å². The topological polar surface area (TPSA) is 36.4 Å². The highest BCUT2D eigenvalue weighted by atomic mass is 32.1. The summed E-state index contributed by atoms with van der Waals surface area (Å²) < 4.78 is 0. The molecule has 0 spiro atoms. The maximum Gasteiger partial charge on any atom is 0.227 e. The second-order valence-corrected chi connectivity index (χ2v) is 7.77. The third kappa shape index (κ3) is 3.74. The van der Waals surface area contributed by atoms with Crippen LogP contribution in [0.2, 0.25) is 0 Å². The molecule has 2 aromatic heterocycles. The zero-order valence-electron chi connectivity index (χ0n) is 13.0. The van der Waals surface area contributed by atoms with Crippen LogP contribution in [-0.4, -0.2) is 46.9 Å². The molecule has 118 valence electrons. The molecule has 22 heavy (non-hydrogen) atoms. The molecule has 0 bridgehead atoms. The zero-order valence-corrected chi connectivity index (χ0v) is 14.7. The molecule has 0 saturated carbocycles. The highest BCUT2D eigenvalue weighted by Crippen LogP contribution is 2.19. The number of hydrogen-bond acceptors (Lipinski definition) is 5. The maximum atomic E-state index is 12.4. The van der Waals surface area contributed by atoms with E-state index >= 15 is 0 Å². The summed E-state index contributed by atoms with van der Waals surface area (Å²) in [6.45, 7) is 8.57. The van der Waals surface area contributed by atoms with Gasteiger partial charge in [0, 0.05) is 37.6 Å². The molecular weight excluding hydrogens is 314 g/mol. The van der Waals surface area contributed by atoms with Crippen LogP contribution < -0.4 is 0 Å². The second kappa shape index (κ2) is 6.89. The van der Waals surface area contributed by atoms with E-state index in [4.69, 9.17) is 0 Å². The predicted octanol–water partition coefficient (Wildman–Crippen LogP) is 2.71. The lowest BCUT2D eigenvalue weighted by molar-refractivity contribution is -0.132. The summed E-state index contributed by atoms with van der Waals surface area (Å²) in [5.41, 5.74) is 2.38. The van der Waals surface area contributed by atoms with Gasteiger partial charge in [-0.25, -0.2) is 4.98 Å². The van der Waals surface area contributed by atoms with Crippen molar-refractivity contribution in [1.82, 2.24) is 14.8 Å². The number of amides is 1. The van der Waals surface area contributed by atoms with Gasteiger partial charge in [-0.1, -0.05) is 0 Å². The Bertz CT molecular complexity index is 628. The molecule has 0 aromatic carbocycles. The third-order valence-electron chi connectivity index (χ3n) is 4.02. The van der Waals surface area contributed by atoms with Crippen LogP contribution in [0, 0.1) is 13.8 Å². The highest BCUT2D eigenvalue weighted by molar-refractivity contribution is 7.11. The molecule has 1 fully saturated rings. The molecular formula is C16H21N3OS2. The van der Waals surface area contributed by atoms with Gasteiger partial charge in [-0.3, -0.25) is 9.69 Å². The van der Waals surface area contributed by atoms with E-state index in [9.17, 15) is 4.79 Å². The molecule has 4 nitrogen and oxygen atoms in total. The van der Waals surface area contributed by atoms with Crippen LogP contribution >= 0.6 is 22.7 Å². The van der Waals surface area contributed by atoms with E-state index in [-0.39, 0.29) is 5.91 Å². The molecule has 1 aliphatic heterocycles. The molecule has 1 amide bonds. The summed E-state index contributed by atoms with van der Waals surface area (Å²) >= 11 is 3.38. The molecule has 1 saturated heterocycles. The van der Waals surface area contributed by atoms with Crippen molar-refractivity contribution < 1.29 is 4.79 Å². The van der Waals surface area contributed by atoms with Crippen LogP contribution in [0.3, 0.4) is 0 Å². The van der Waals surface area contributed by atoms with Gasteiger partial charge in [-0.05, 0) is 36.2 Å². The number of hydrogen-bond donors (Lipinski definition) is 0. The molecule has 0 radical (unpaired) electrons. The number of thiophene rings is 1. The molecule has 0 N–H and O–H groups in total. The first-order valence-corrected chi connectivity index (χ1v) is 9.32. The van der Waals surface area contributed by atoms with Crippen LogP contribution in [0.4, 0.5) is 0 Å². The Balaban J connectivity index is 1.50. The molecule has 2 aromatic rings. The van der Waals surface area contributed by atoms with Crippen LogP contribution in [0.15, 0.2) is 16.8 Å². The maximum absolute atomic E-state index is 12.4. The number of carbonyl (C=O) groups excluding carboxylic acids is 1. The smallest absolute Gasteiger partial charge is 0.227 e. The third-order valence-corrected chi connectivity index (χ3v) is 5.83. The van der Waals surface area contributed by atoms with Gasteiger partial charge in [0.2, 0.25) is 5.91 Å². The Labute approximate surface area is 139 Å². The van der Waals surface area contributed by atoms with E-state index in [0.717, 1.165) is 48.3 Å². The molecule has 6 heteroatoms. The minimum atomic E-state index is 0.238. The quantitative estimate of drug-likeness (QED) is 0.862. The largest absolute Gasteiger partial charge is 0.340 e. The lowest BCUT2D eigenvalue weighted by atomic mass is 10.2. The van der Waals surface area contributed by atoms with Gasteiger partial charge < -0.3 is 4.90 Å². The zero-order chi connectivity index (χ0) is 15.5.